The van der Waals surface area contributed by atoms with Crippen molar-refractivity contribution in [1.29, 1.82) is 0 Å². The molecule has 1 saturated carbocycles. The average Bonchev–Trinajstić information content (AvgIpc) is 2.37. The van der Waals surface area contributed by atoms with Gasteiger partial charge in [-0.1, -0.05) is 31.5 Å². The number of ether oxygens (including phenoxy) is 1. The molecule has 19 heavy (non-hydrogen) atoms. The highest BCUT2D eigenvalue weighted by Crippen LogP contribution is 2.39. The van der Waals surface area contributed by atoms with Crippen LogP contribution in [0.15, 0.2) is 0 Å². The van der Waals surface area contributed by atoms with Crippen molar-refractivity contribution in [3.05, 3.63) is 0 Å². The molecular formula is C14H24N2O2S. The number of hydrogen-bond acceptors (Lipinski definition) is 3. The predicted octanol–water partition coefficient (Wildman–Crippen LogP) is 1.86. The van der Waals surface area contributed by atoms with Crippen molar-refractivity contribution in [2.24, 2.45) is 11.1 Å². The van der Waals surface area contributed by atoms with Gasteiger partial charge in [0.2, 0.25) is 5.91 Å². The highest BCUT2D eigenvalue weighted by molar-refractivity contribution is 7.80. The Morgan fingerprint density at radius 2 is 1.74 bits per heavy atom. The zero-order chi connectivity index (χ0) is 14.0. The summed E-state index contributed by atoms with van der Waals surface area (Å²) in [4.78, 5) is 15.2. The fourth-order valence-electron chi connectivity index (χ4n) is 3.37. The molecule has 0 aromatic carbocycles. The molecule has 1 amide bonds. The summed E-state index contributed by atoms with van der Waals surface area (Å²) in [5.41, 5.74) is 5.34. The van der Waals surface area contributed by atoms with Crippen molar-refractivity contribution < 1.29 is 9.53 Å². The number of carbonyl (C=O) groups excluding carboxylic acids is 1. The van der Waals surface area contributed by atoms with Crippen molar-refractivity contribution in [2.75, 3.05) is 13.1 Å². The number of morpholine rings is 1. The largest absolute Gasteiger partial charge is 0.392 e. The van der Waals surface area contributed by atoms with E-state index in [0.717, 1.165) is 25.7 Å². The molecule has 0 unspecified atom stereocenters. The van der Waals surface area contributed by atoms with Crippen LogP contribution in [0.5, 0.6) is 0 Å². The molecule has 0 spiro atoms. The molecule has 0 bridgehead atoms. The minimum absolute atomic E-state index is 0.0830. The fraction of sp³-hybridized carbons (Fsp3) is 0.857. The van der Waals surface area contributed by atoms with E-state index in [4.69, 9.17) is 22.7 Å². The minimum Gasteiger partial charge on any atom is -0.392 e. The van der Waals surface area contributed by atoms with E-state index in [1.165, 1.54) is 6.42 Å². The Morgan fingerprint density at radius 1 is 1.21 bits per heavy atom. The maximum atomic E-state index is 12.9. The van der Waals surface area contributed by atoms with Crippen molar-refractivity contribution in [2.45, 2.75) is 58.2 Å². The molecule has 108 valence electrons. The third-order valence-electron chi connectivity index (χ3n) is 4.29. The van der Waals surface area contributed by atoms with Gasteiger partial charge in [-0.25, -0.2) is 0 Å². The SMILES string of the molecule is C[C@@H]1CN(C(=O)C2(C(N)=S)CCCCC2)C[C@H](C)O1. The lowest BCUT2D eigenvalue weighted by atomic mass is 9.72. The lowest BCUT2D eigenvalue weighted by molar-refractivity contribution is -0.151. The number of rotatable bonds is 2. The number of amides is 1. The first-order valence-electron chi connectivity index (χ1n) is 7.20. The average molecular weight is 284 g/mol. The number of hydrogen-bond donors (Lipinski definition) is 1. The Balaban J connectivity index is 2.17. The van der Waals surface area contributed by atoms with Gasteiger partial charge in [-0.3, -0.25) is 4.79 Å². The Hall–Kier alpha value is -0.680. The molecule has 2 atom stereocenters. The quantitative estimate of drug-likeness (QED) is 0.786. The lowest BCUT2D eigenvalue weighted by Crippen LogP contribution is -2.57. The molecule has 1 aliphatic carbocycles. The summed E-state index contributed by atoms with van der Waals surface area (Å²) in [5.74, 6) is 0.127. The molecule has 0 aromatic heterocycles. The van der Waals surface area contributed by atoms with Gasteiger partial charge in [0.25, 0.3) is 0 Å². The van der Waals surface area contributed by atoms with Crippen LogP contribution in [0.3, 0.4) is 0 Å². The molecule has 2 aliphatic rings. The normalized spacial score (nSPS) is 30.9. The molecule has 0 radical (unpaired) electrons. The van der Waals surface area contributed by atoms with Crippen LogP contribution < -0.4 is 5.73 Å². The fourth-order valence-corrected chi connectivity index (χ4v) is 3.66. The van der Waals surface area contributed by atoms with E-state index in [2.05, 4.69) is 0 Å². The Labute approximate surface area is 120 Å². The predicted molar refractivity (Wildman–Crippen MR) is 78.9 cm³/mol. The third-order valence-corrected chi connectivity index (χ3v) is 4.69. The first kappa shape index (κ1) is 14.7. The first-order chi connectivity index (χ1) is 8.95. The van der Waals surface area contributed by atoms with Gasteiger partial charge in [0.05, 0.1) is 22.6 Å². The molecule has 1 aliphatic heterocycles. The van der Waals surface area contributed by atoms with Gasteiger partial charge < -0.3 is 15.4 Å². The molecule has 0 aromatic rings. The number of thiocarbonyl (C=S) groups is 1. The summed E-state index contributed by atoms with van der Waals surface area (Å²) in [6.45, 7) is 5.30. The van der Waals surface area contributed by atoms with Crippen molar-refractivity contribution in [1.82, 2.24) is 4.90 Å². The number of nitrogens with two attached hydrogens (primary N) is 1. The van der Waals surface area contributed by atoms with Crippen LogP contribution in [0.2, 0.25) is 0 Å². The Morgan fingerprint density at radius 3 is 2.21 bits per heavy atom. The van der Waals surface area contributed by atoms with Gasteiger partial charge in [-0.05, 0) is 26.7 Å². The van der Waals surface area contributed by atoms with Gasteiger partial charge in [0.1, 0.15) is 0 Å². The van der Waals surface area contributed by atoms with Crippen LogP contribution in [0.4, 0.5) is 0 Å². The van der Waals surface area contributed by atoms with Crippen LogP contribution in [0.25, 0.3) is 0 Å². The van der Waals surface area contributed by atoms with E-state index < -0.39 is 5.41 Å². The van der Waals surface area contributed by atoms with Crippen LogP contribution in [-0.2, 0) is 9.53 Å². The van der Waals surface area contributed by atoms with E-state index >= 15 is 0 Å². The Bertz CT molecular complexity index is 356. The van der Waals surface area contributed by atoms with Crippen LogP contribution >= 0.6 is 12.2 Å². The van der Waals surface area contributed by atoms with E-state index in [-0.39, 0.29) is 18.1 Å². The monoisotopic (exact) mass is 284 g/mol. The molecule has 2 N–H and O–H groups in total. The molecule has 2 fully saturated rings. The van der Waals surface area contributed by atoms with E-state index in [1.807, 2.05) is 18.7 Å². The summed E-state index contributed by atoms with van der Waals surface area (Å²) < 4.78 is 5.69. The van der Waals surface area contributed by atoms with Gasteiger partial charge in [0, 0.05) is 13.1 Å². The Kier molecular flexibility index (Phi) is 4.46. The van der Waals surface area contributed by atoms with Gasteiger partial charge in [-0.2, -0.15) is 0 Å². The van der Waals surface area contributed by atoms with E-state index in [9.17, 15) is 4.79 Å². The topological polar surface area (TPSA) is 55.6 Å². The molecule has 1 heterocycles. The minimum atomic E-state index is -0.593. The summed E-state index contributed by atoms with van der Waals surface area (Å²) in [6.07, 6.45) is 5.03. The summed E-state index contributed by atoms with van der Waals surface area (Å²) in [6, 6.07) is 0. The highest BCUT2D eigenvalue weighted by atomic mass is 32.1. The van der Waals surface area contributed by atoms with Crippen LogP contribution in [-0.4, -0.2) is 41.1 Å². The molecule has 2 rings (SSSR count). The summed E-state index contributed by atoms with van der Waals surface area (Å²) in [5, 5.41) is 0. The molecule has 4 nitrogen and oxygen atoms in total. The molecular weight excluding hydrogens is 260 g/mol. The zero-order valence-electron chi connectivity index (χ0n) is 11.9. The smallest absolute Gasteiger partial charge is 0.235 e. The first-order valence-corrected chi connectivity index (χ1v) is 7.61. The van der Waals surface area contributed by atoms with E-state index in [1.54, 1.807) is 0 Å². The molecule has 1 saturated heterocycles. The van der Waals surface area contributed by atoms with Crippen molar-refractivity contribution in [3.63, 3.8) is 0 Å². The van der Waals surface area contributed by atoms with Crippen molar-refractivity contribution >= 4 is 23.1 Å². The second-order valence-corrected chi connectivity index (χ2v) is 6.41. The molecule has 5 heteroatoms. The summed E-state index contributed by atoms with van der Waals surface area (Å²) >= 11 is 5.23. The maximum Gasteiger partial charge on any atom is 0.235 e. The van der Waals surface area contributed by atoms with E-state index in [0.29, 0.717) is 18.1 Å². The van der Waals surface area contributed by atoms with Gasteiger partial charge in [-0.15, -0.1) is 0 Å². The van der Waals surface area contributed by atoms with Crippen LogP contribution in [0, 0.1) is 5.41 Å². The third kappa shape index (κ3) is 2.92. The second-order valence-electron chi connectivity index (χ2n) is 5.97. The zero-order valence-corrected chi connectivity index (χ0v) is 12.7. The summed E-state index contributed by atoms with van der Waals surface area (Å²) in [7, 11) is 0. The van der Waals surface area contributed by atoms with Gasteiger partial charge in [0.15, 0.2) is 0 Å². The maximum absolute atomic E-state index is 12.9. The van der Waals surface area contributed by atoms with Gasteiger partial charge >= 0.3 is 0 Å². The number of nitrogens with zero attached hydrogens (tertiary/aromatic N) is 1. The standard InChI is InChI=1S/C14H24N2O2S/c1-10-8-16(9-11(2)18-10)13(17)14(12(15)19)6-4-3-5-7-14/h10-11H,3-9H2,1-2H3,(H2,15,19)/t10-,11+. The highest BCUT2D eigenvalue weighted by Gasteiger charge is 2.45. The second kappa shape index (κ2) is 5.75. The van der Waals surface area contributed by atoms with Crippen LogP contribution in [0.1, 0.15) is 46.0 Å². The van der Waals surface area contributed by atoms with Crippen molar-refractivity contribution in [3.8, 4) is 0 Å². The lowest BCUT2D eigenvalue weighted by Gasteiger charge is -2.43. The number of carbonyl (C=O) groups is 1.